The fourth-order valence-corrected chi connectivity index (χ4v) is 1.53. The lowest BCUT2D eigenvalue weighted by Gasteiger charge is -2.32. The second-order valence-corrected chi connectivity index (χ2v) is 4.80. The summed E-state index contributed by atoms with van der Waals surface area (Å²) in [6.07, 6.45) is 0.0418. The van der Waals surface area contributed by atoms with Crippen molar-refractivity contribution in [3.05, 3.63) is 0 Å². The van der Waals surface area contributed by atoms with Crippen molar-refractivity contribution in [2.24, 2.45) is 0 Å². The molecule has 2 N–H and O–H groups in total. The van der Waals surface area contributed by atoms with E-state index in [1.54, 1.807) is 4.90 Å². The van der Waals surface area contributed by atoms with Crippen LogP contribution in [-0.2, 0) is 14.3 Å². The molecule has 1 saturated heterocycles. The summed E-state index contributed by atoms with van der Waals surface area (Å²) in [7, 11) is 0. The van der Waals surface area contributed by atoms with Gasteiger partial charge in [-0.25, -0.2) is 0 Å². The van der Waals surface area contributed by atoms with Crippen molar-refractivity contribution >= 4 is 11.9 Å². The molecule has 1 aliphatic heterocycles. The molecule has 0 spiro atoms. The maximum absolute atomic E-state index is 11.8. The number of nitrogens with one attached hydrogen (secondary N) is 1. The number of hydrogen-bond donors (Lipinski definition) is 2. The molecule has 0 aromatic rings. The number of carbonyl (C=O) groups excluding carboxylic acids is 1. The van der Waals surface area contributed by atoms with Crippen LogP contribution < -0.4 is 5.32 Å². The SMILES string of the molecule is CC1CN(C(=O)CNC(C)(C)C(=O)O)CCO1. The summed E-state index contributed by atoms with van der Waals surface area (Å²) in [5.74, 6) is -1.06. The van der Waals surface area contributed by atoms with Gasteiger partial charge in [-0.15, -0.1) is 0 Å². The number of ether oxygens (including phenoxy) is 1. The molecule has 0 aromatic heterocycles. The highest BCUT2D eigenvalue weighted by Crippen LogP contribution is 2.06. The van der Waals surface area contributed by atoms with Gasteiger partial charge < -0.3 is 14.7 Å². The van der Waals surface area contributed by atoms with Crippen molar-refractivity contribution in [3.8, 4) is 0 Å². The molecule has 98 valence electrons. The third-order valence-electron chi connectivity index (χ3n) is 2.81. The molecule has 1 amide bonds. The molecular weight excluding hydrogens is 224 g/mol. The van der Waals surface area contributed by atoms with E-state index in [9.17, 15) is 9.59 Å². The Hall–Kier alpha value is -1.14. The minimum atomic E-state index is -1.09. The molecule has 6 heteroatoms. The Labute approximate surface area is 101 Å². The Morgan fingerprint density at radius 1 is 1.53 bits per heavy atom. The minimum Gasteiger partial charge on any atom is -0.480 e. The van der Waals surface area contributed by atoms with E-state index in [1.165, 1.54) is 13.8 Å². The topological polar surface area (TPSA) is 78.9 Å². The van der Waals surface area contributed by atoms with Gasteiger partial charge >= 0.3 is 5.97 Å². The molecule has 0 aromatic carbocycles. The van der Waals surface area contributed by atoms with Crippen molar-refractivity contribution < 1.29 is 19.4 Å². The predicted molar refractivity (Wildman–Crippen MR) is 61.7 cm³/mol. The summed E-state index contributed by atoms with van der Waals surface area (Å²) in [6.45, 7) is 6.68. The highest BCUT2D eigenvalue weighted by Gasteiger charge is 2.28. The zero-order valence-electron chi connectivity index (χ0n) is 10.5. The predicted octanol–water partition coefficient (Wildman–Crippen LogP) is -0.313. The van der Waals surface area contributed by atoms with Crippen molar-refractivity contribution in [2.45, 2.75) is 32.4 Å². The zero-order valence-corrected chi connectivity index (χ0v) is 10.5. The van der Waals surface area contributed by atoms with Gasteiger partial charge in [0.15, 0.2) is 0 Å². The Balaban J connectivity index is 2.41. The van der Waals surface area contributed by atoms with Crippen molar-refractivity contribution in [1.29, 1.82) is 0 Å². The van der Waals surface area contributed by atoms with Gasteiger partial charge in [0.05, 0.1) is 19.3 Å². The van der Waals surface area contributed by atoms with E-state index in [-0.39, 0.29) is 18.6 Å². The van der Waals surface area contributed by atoms with E-state index in [2.05, 4.69) is 5.32 Å². The van der Waals surface area contributed by atoms with Crippen molar-refractivity contribution in [2.75, 3.05) is 26.2 Å². The quantitative estimate of drug-likeness (QED) is 0.709. The van der Waals surface area contributed by atoms with Crippen LogP contribution in [0, 0.1) is 0 Å². The third kappa shape index (κ3) is 3.98. The molecule has 0 aliphatic carbocycles. The number of rotatable bonds is 4. The molecule has 1 unspecified atom stereocenters. The number of morpholine rings is 1. The Kier molecular flexibility index (Phi) is 4.47. The molecule has 0 bridgehead atoms. The van der Waals surface area contributed by atoms with E-state index in [1.807, 2.05) is 6.92 Å². The smallest absolute Gasteiger partial charge is 0.323 e. The van der Waals surface area contributed by atoms with Crippen LogP contribution in [0.15, 0.2) is 0 Å². The largest absolute Gasteiger partial charge is 0.480 e. The van der Waals surface area contributed by atoms with E-state index >= 15 is 0 Å². The zero-order chi connectivity index (χ0) is 13.1. The number of carbonyl (C=O) groups is 2. The van der Waals surface area contributed by atoms with Gasteiger partial charge in [0, 0.05) is 13.1 Å². The Morgan fingerprint density at radius 3 is 2.71 bits per heavy atom. The fraction of sp³-hybridized carbons (Fsp3) is 0.818. The molecule has 17 heavy (non-hydrogen) atoms. The van der Waals surface area contributed by atoms with Crippen LogP contribution >= 0.6 is 0 Å². The maximum atomic E-state index is 11.8. The molecule has 0 radical (unpaired) electrons. The first-order valence-electron chi connectivity index (χ1n) is 5.71. The van der Waals surface area contributed by atoms with Gasteiger partial charge in [-0.2, -0.15) is 0 Å². The first-order valence-corrected chi connectivity index (χ1v) is 5.71. The van der Waals surface area contributed by atoms with E-state index in [0.29, 0.717) is 19.7 Å². The van der Waals surface area contributed by atoms with Crippen LogP contribution in [0.2, 0.25) is 0 Å². The lowest BCUT2D eigenvalue weighted by atomic mass is 10.1. The minimum absolute atomic E-state index is 0.0337. The average Bonchev–Trinajstić information content (AvgIpc) is 2.25. The number of amides is 1. The van der Waals surface area contributed by atoms with Gasteiger partial charge in [-0.3, -0.25) is 14.9 Å². The third-order valence-corrected chi connectivity index (χ3v) is 2.81. The Morgan fingerprint density at radius 2 is 2.18 bits per heavy atom. The van der Waals surface area contributed by atoms with Crippen LogP contribution in [0.5, 0.6) is 0 Å². The molecule has 1 fully saturated rings. The van der Waals surface area contributed by atoms with Crippen LogP contribution in [-0.4, -0.2) is 59.8 Å². The maximum Gasteiger partial charge on any atom is 0.323 e. The van der Waals surface area contributed by atoms with Crippen molar-refractivity contribution in [3.63, 3.8) is 0 Å². The number of hydrogen-bond acceptors (Lipinski definition) is 4. The van der Waals surface area contributed by atoms with Gasteiger partial charge in [0.25, 0.3) is 0 Å². The standard InChI is InChI=1S/C11H20N2O4/c1-8-7-13(4-5-17-8)9(14)6-12-11(2,3)10(15)16/h8,12H,4-7H2,1-3H3,(H,15,16). The fourth-order valence-electron chi connectivity index (χ4n) is 1.53. The molecule has 6 nitrogen and oxygen atoms in total. The van der Waals surface area contributed by atoms with Gasteiger partial charge in [-0.1, -0.05) is 0 Å². The monoisotopic (exact) mass is 244 g/mol. The number of aliphatic carboxylic acids is 1. The highest BCUT2D eigenvalue weighted by molar-refractivity contribution is 5.81. The van der Waals surface area contributed by atoms with Crippen LogP contribution in [0.25, 0.3) is 0 Å². The van der Waals surface area contributed by atoms with Gasteiger partial charge in [0.2, 0.25) is 5.91 Å². The second kappa shape index (κ2) is 5.46. The molecule has 0 saturated carbocycles. The van der Waals surface area contributed by atoms with Crippen LogP contribution in [0.3, 0.4) is 0 Å². The summed E-state index contributed by atoms with van der Waals surface area (Å²) in [4.78, 5) is 24.4. The summed E-state index contributed by atoms with van der Waals surface area (Å²) in [5, 5.41) is 11.6. The van der Waals surface area contributed by atoms with Gasteiger partial charge in [0.1, 0.15) is 5.54 Å². The molecule has 1 atom stereocenters. The number of carboxylic acids is 1. The van der Waals surface area contributed by atoms with E-state index in [4.69, 9.17) is 9.84 Å². The van der Waals surface area contributed by atoms with Crippen LogP contribution in [0.4, 0.5) is 0 Å². The highest BCUT2D eigenvalue weighted by atomic mass is 16.5. The lowest BCUT2D eigenvalue weighted by Crippen LogP contribution is -2.53. The first kappa shape index (κ1) is 13.9. The molecular formula is C11H20N2O4. The summed E-state index contributed by atoms with van der Waals surface area (Å²) in [5.41, 5.74) is -1.09. The molecule has 1 rings (SSSR count). The Bertz CT molecular complexity index is 304. The second-order valence-electron chi connectivity index (χ2n) is 4.80. The molecule has 1 aliphatic rings. The molecule has 1 heterocycles. The summed E-state index contributed by atoms with van der Waals surface area (Å²) in [6, 6.07) is 0. The van der Waals surface area contributed by atoms with E-state index < -0.39 is 11.5 Å². The average molecular weight is 244 g/mol. The van der Waals surface area contributed by atoms with Crippen LogP contribution in [0.1, 0.15) is 20.8 Å². The summed E-state index contributed by atoms with van der Waals surface area (Å²) >= 11 is 0. The normalized spacial score (nSPS) is 21.4. The summed E-state index contributed by atoms with van der Waals surface area (Å²) < 4.78 is 5.33. The van der Waals surface area contributed by atoms with Gasteiger partial charge in [-0.05, 0) is 20.8 Å². The van der Waals surface area contributed by atoms with Crippen molar-refractivity contribution in [1.82, 2.24) is 10.2 Å². The number of nitrogens with zero attached hydrogens (tertiary/aromatic N) is 1. The lowest BCUT2D eigenvalue weighted by molar-refractivity contribution is -0.144. The number of carboxylic acid groups (broad SMARTS) is 1. The van der Waals surface area contributed by atoms with E-state index in [0.717, 1.165) is 0 Å². The first-order chi connectivity index (χ1) is 7.83.